The van der Waals surface area contributed by atoms with Crippen molar-refractivity contribution in [3.8, 4) is 11.5 Å². The predicted octanol–water partition coefficient (Wildman–Crippen LogP) is 4.63. The van der Waals surface area contributed by atoms with Gasteiger partial charge in [0, 0.05) is 43.7 Å². The van der Waals surface area contributed by atoms with E-state index in [0.717, 1.165) is 53.0 Å². The van der Waals surface area contributed by atoms with Gasteiger partial charge in [0.1, 0.15) is 11.5 Å². The Hall–Kier alpha value is -3.88. The number of likely N-dealkylation sites (tertiary alicyclic amines) is 1. The number of nitrogens with zero attached hydrogens (tertiary/aromatic N) is 2. The van der Waals surface area contributed by atoms with Crippen LogP contribution in [0.4, 0.5) is 5.69 Å². The minimum absolute atomic E-state index is 0.0465. The zero-order valence-corrected chi connectivity index (χ0v) is 24.5. The van der Waals surface area contributed by atoms with Gasteiger partial charge in [0.15, 0.2) is 0 Å². The number of unbranched alkanes of at least 4 members (excludes halogenated alkanes) is 1. The lowest BCUT2D eigenvalue weighted by molar-refractivity contribution is -0.143. The van der Waals surface area contributed by atoms with E-state index in [2.05, 4.69) is 17.9 Å². The Bertz CT molecular complexity index is 1410. The molecule has 2 heterocycles. The second-order valence-electron chi connectivity index (χ2n) is 11.2. The first kappa shape index (κ1) is 29.6. The fraction of sp³-hybridized carbons (Fsp3) is 0.412. The summed E-state index contributed by atoms with van der Waals surface area (Å²) in [5, 5.41) is 10.6. The molecule has 8 heteroatoms. The number of para-hydroxylation sites is 1. The van der Waals surface area contributed by atoms with Gasteiger partial charge in [-0.05, 0) is 59.4 Å². The molecule has 0 bridgehead atoms. The number of fused-ring (bicyclic) bond motifs is 1. The van der Waals surface area contributed by atoms with E-state index in [-0.39, 0.29) is 18.4 Å². The Kier molecular flexibility index (Phi) is 9.45. The van der Waals surface area contributed by atoms with Crippen LogP contribution in [0.2, 0.25) is 0 Å². The molecule has 3 aromatic carbocycles. The molecular formula is C34H41N3O5. The van der Waals surface area contributed by atoms with E-state index in [4.69, 9.17) is 15.2 Å². The molecule has 0 spiro atoms. The number of hydrogen-bond acceptors (Lipinski definition) is 6. The highest BCUT2D eigenvalue weighted by Gasteiger charge is 2.47. The third-order valence-corrected chi connectivity index (χ3v) is 8.63. The van der Waals surface area contributed by atoms with Gasteiger partial charge >= 0.3 is 5.97 Å². The van der Waals surface area contributed by atoms with Crippen LogP contribution in [0.3, 0.4) is 0 Å². The zero-order chi connectivity index (χ0) is 29.6. The second kappa shape index (κ2) is 13.4. The number of carboxylic acid groups (broad SMARTS) is 1. The molecule has 3 atom stereocenters. The molecular weight excluding hydrogens is 530 g/mol. The van der Waals surface area contributed by atoms with Gasteiger partial charge in [-0.25, -0.2) is 0 Å². The van der Waals surface area contributed by atoms with Crippen LogP contribution in [0.5, 0.6) is 11.5 Å². The summed E-state index contributed by atoms with van der Waals surface area (Å²) in [6, 6.07) is 21.2. The van der Waals surface area contributed by atoms with Gasteiger partial charge in [0.2, 0.25) is 5.91 Å². The van der Waals surface area contributed by atoms with Gasteiger partial charge in [-0.15, -0.1) is 0 Å². The number of carbonyl (C=O) groups excluding carboxylic acids is 1. The third kappa shape index (κ3) is 6.30. The first-order valence-corrected chi connectivity index (χ1v) is 14.9. The molecule has 3 N–H and O–H groups in total. The number of nitrogens with two attached hydrogens (primary N) is 1. The van der Waals surface area contributed by atoms with E-state index in [1.54, 1.807) is 7.11 Å². The van der Waals surface area contributed by atoms with Crippen molar-refractivity contribution in [1.29, 1.82) is 0 Å². The maximum Gasteiger partial charge on any atom is 0.308 e. The Morgan fingerprint density at radius 2 is 1.95 bits per heavy atom. The summed E-state index contributed by atoms with van der Waals surface area (Å²) in [5.41, 5.74) is 10.7. The molecule has 0 aromatic heterocycles. The highest BCUT2D eigenvalue weighted by molar-refractivity contribution is 5.95. The van der Waals surface area contributed by atoms with Gasteiger partial charge in [-0.3, -0.25) is 14.5 Å². The summed E-state index contributed by atoms with van der Waals surface area (Å²) >= 11 is 0. The predicted molar refractivity (Wildman–Crippen MR) is 163 cm³/mol. The van der Waals surface area contributed by atoms with Crippen LogP contribution in [0.1, 0.15) is 47.9 Å². The Balaban J connectivity index is 1.49. The fourth-order valence-electron chi connectivity index (χ4n) is 6.44. The average Bonchev–Trinajstić information content (AvgIpc) is 3.62. The van der Waals surface area contributed by atoms with Gasteiger partial charge in [0.25, 0.3) is 0 Å². The van der Waals surface area contributed by atoms with E-state index in [1.165, 1.54) is 0 Å². The van der Waals surface area contributed by atoms with Crippen LogP contribution in [0.25, 0.3) is 0 Å². The van der Waals surface area contributed by atoms with Crippen LogP contribution in [0.15, 0.2) is 66.7 Å². The molecule has 1 saturated heterocycles. The fourth-order valence-corrected chi connectivity index (χ4v) is 6.44. The van der Waals surface area contributed by atoms with Crippen molar-refractivity contribution in [3.63, 3.8) is 0 Å². The van der Waals surface area contributed by atoms with Crippen molar-refractivity contribution in [2.45, 2.75) is 51.1 Å². The van der Waals surface area contributed by atoms with E-state index < -0.39 is 17.9 Å². The monoisotopic (exact) mass is 571 g/mol. The van der Waals surface area contributed by atoms with Crippen LogP contribution in [-0.4, -0.2) is 61.3 Å². The van der Waals surface area contributed by atoms with E-state index in [9.17, 15) is 14.7 Å². The lowest BCUT2D eigenvalue weighted by atomic mass is 9.82. The molecule has 42 heavy (non-hydrogen) atoms. The number of amides is 1. The molecule has 2 aliphatic rings. The molecule has 0 unspecified atom stereocenters. The highest BCUT2D eigenvalue weighted by Crippen LogP contribution is 2.41. The van der Waals surface area contributed by atoms with Crippen LogP contribution >= 0.6 is 0 Å². The molecule has 8 nitrogen and oxygen atoms in total. The lowest BCUT2D eigenvalue weighted by Crippen LogP contribution is -2.45. The number of ether oxygens (including phenoxy) is 2. The largest absolute Gasteiger partial charge is 0.496 e. The van der Waals surface area contributed by atoms with Crippen molar-refractivity contribution in [1.82, 2.24) is 4.90 Å². The van der Waals surface area contributed by atoms with Crippen LogP contribution in [0, 0.1) is 5.92 Å². The molecule has 3 aromatic rings. The number of benzene rings is 3. The van der Waals surface area contributed by atoms with Gasteiger partial charge < -0.3 is 25.2 Å². The van der Waals surface area contributed by atoms with Crippen LogP contribution < -0.4 is 20.1 Å². The maximum atomic E-state index is 14.1. The normalized spacial score (nSPS) is 19.7. The minimum Gasteiger partial charge on any atom is -0.496 e. The second-order valence-corrected chi connectivity index (χ2v) is 11.2. The van der Waals surface area contributed by atoms with E-state index in [0.29, 0.717) is 38.4 Å². The molecule has 2 aliphatic heterocycles. The van der Waals surface area contributed by atoms with Gasteiger partial charge in [-0.1, -0.05) is 55.8 Å². The molecule has 222 valence electrons. The number of methoxy groups -OCH3 is 1. The number of aliphatic carboxylic acids is 1. The minimum atomic E-state index is -0.856. The number of rotatable bonds is 12. The average molecular weight is 572 g/mol. The molecule has 0 aliphatic carbocycles. The summed E-state index contributed by atoms with van der Waals surface area (Å²) in [5.74, 6) is -0.292. The standard InChI is InChI=1S/C34H41N3O5/c1-3-4-15-37(27-10-7-8-23(17-27)20-35)32(38)22-36-21-28(24-12-13-31-26(18-24)14-16-42-31)33(34(39)40)29(36)19-25-9-5-6-11-30(25)41-2/h5-13,17-18,28-29,33H,3-4,14-16,19-22,35H2,1-2H3,(H,39,40)/t28-,29+,33-/m1/s1. The number of hydrogen-bond donors (Lipinski definition) is 2. The Morgan fingerprint density at radius 3 is 2.71 bits per heavy atom. The quantitative estimate of drug-likeness (QED) is 0.327. The molecule has 1 amide bonds. The smallest absolute Gasteiger partial charge is 0.308 e. The lowest BCUT2D eigenvalue weighted by Gasteiger charge is -2.30. The molecule has 1 fully saturated rings. The maximum absolute atomic E-state index is 14.1. The van der Waals surface area contributed by atoms with Crippen molar-refractivity contribution in [2.75, 3.05) is 38.3 Å². The molecule has 5 rings (SSSR count). The van der Waals surface area contributed by atoms with Crippen molar-refractivity contribution in [3.05, 3.63) is 89.0 Å². The zero-order valence-electron chi connectivity index (χ0n) is 24.5. The third-order valence-electron chi connectivity index (χ3n) is 8.63. The molecule has 0 saturated carbocycles. The molecule has 0 radical (unpaired) electrons. The number of carboxylic acids is 1. The van der Waals surface area contributed by atoms with E-state index >= 15 is 0 Å². The first-order chi connectivity index (χ1) is 20.4. The van der Waals surface area contributed by atoms with Crippen LogP contribution in [-0.2, 0) is 29.0 Å². The SMILES string of the molecule is CCCCN(C(=O)CN1C[C@H](c2ccc3c(c2)CCO3)[C@@H](C(=O)O)[C@@H]1Cc1ccccc1OC)c1cccc(CN)c1. The van der Waals surface area contributed by atoms with Crippen molar-refractivity contribution >= 4 is 17.6 Å². The van der Waals surface area contributed by atoms with Crippen molar-refractivity contribution < 1.29 is 24.2 Å². The summed E-state index contributed by atoms with van der Waals surface area (Å²) < 4.78 is 11.3. The van der Waals surface area contributed by atoms with E-state index in [1.807, 2.05) is 65.6 Å². The Labute approximate surface area is 248 Å². The number of carbonyl (C=O) groups is 2. The van der Waals surface area contributed by atoms with Gasteiger partial charge in [0.05, 0.1) is 26.2 Å². The first-order valence-electron chi connectivity index (χ1n) is 14.9. The summed E-state index contributed by atoms with van der Waals surface area (Å²) in [6.07, 6.45) is 3.08. The Morgan fingerprint density at radius 1 is 1.12 bits per heavy atom. The highest BCUT2D eigenvalue weighted by atomic mass is 16.5. The summed E-state index contributed by atoms with van der Waals surface area (Å²) in [7, 11) is 1.62. The van der Waals surface area contributed by atoms with Gasteiger partial charge in [-0.2, -0.15) is 0 Å². The summed E-state index contributed by atoms with van der Waals surface area (Å²) in [4.78, 5) is 31.0. The number of anilines is 1. The topological polar surface area (TPSA) is 105 Å². The van der Waals surface area contributed by atoms with Crippen molar-refractivity contribution in [2.24, 2.45) is 11.7 Å². The summed E-state index contributed by atoms with van der Waals surface area (Å²) in [6.45, 7) is 4.31.